The molecule has 3 rings (SSSR count). The smallest absolute Gasteiger partial charge is 0.270 e. The standard InChI is InChI=1S/C17H9Cl3N2O3S/c18-9-1-3-10(4-2-9)22-16(25)11(15(24)21-17(22)26)5-8-6-12(19)14(23)13(20)7-8/h1-7,23H,(H,21,24,26)/b11-5+. The molecule has 0 bridgehead atoms. The Bertz CT molecular complexity index is 951. The number of anilines is 1. The molecule has 9 heteroatoms. The maximum absolute atomic E-state index is 12.8. The molecule has 1 aliphatic heterocycles. The number of benzene rings is 2. The summed E-state index contributed by atoms with van der Waals surface area (Å²) in [5.74, 6) is -1.54. The molecular weight excluding hydrogens is 419 g/mol. The van der Waals surface area contributed by atoms with Crippen molar-refractivity contribution in [2.45, 2.75) is 0 Å². The van der Waals surface area contributed by atoms with E-state index >= 15 is 0 Å². The number of amides is 2. The van der Waals surface area contributed by atoms with Gasteiger partial charge in [-0.1, -0.05) is 34.8 Å². The average molecular weight is 428 g/mol. The average Bonchev–Trinajstić information content (AvgIpc) is 2.58. The lowest BCUT2D eigenvalue weighted by molar-refractivity contribution is -0.122. The molecule has 0 spiro atoms. The first-order valence-electron chi connectivity index (χ1n) is 7.13. The quantitative estimate of drug-likeness (QED) is 0.428. The van der Waals surface area contributed by atoms with Gasteiger partial charge in [0.1, 0.15) is 5.57 Å². The van der Waals surface area contributed by atoms with Crippen LogP contribution in [-0.4, -0.2) is 22.0 Å². The second-order valence-electron chi connectivity index (χ2n) is 5.27. The fourth-order valence-corrected chi connectivity index (χ4v) is 3.23. The molecule has 1 heterocycles. The van der Waals surface area contributed by atoms with Crippen LogP contribution in [-0.2, 0) is 9.59 Å². The molecule has 2 N–H and O–H groups in total. The molecule has 0 aromatic heterocycles. The summed E-state index contributed by atoms with van der Waals surface area (Å²) in [6, 6.07) is 9.19. The number of carbonyl (C=O) groups is 2. The van der Waals surface area contributed by atoms with E-state index in [4.69, 9.17) is 47.0 Å². The van der Waals surface area contributed by atoms with Crippen molar-refractivity contribution in [1.29, 1.82) is 0 Å². The van der Waals surface area contributed by atoms with Crippen LogP contribution in [0.15, 0.2) is 42.0 Å². The minimum Gasteiger partial charge on any atom is -0.505 e. The molecular formula is C17H9Cl3N2O3S. The molecule has 0 saturated carbocycles. The first kappa shape index (κ1) is 18.7. The van der Waals surface area contributed by atoms with Gasteiger partial charge in [0.25, 0.3) is 11.8 Å². The summed E-state index contributed by atoms with van der Waals surface area (Å²) >= 11 is 22.7. The number of halogens is 3. The Balaban J connectivity index is 2.04. The molecule has 0 atom stereocenters. The van der Waals surface area contributed by atoms with E-state index in [0.717, 1.165) is 0 Å². The highest BCUT2D eigenvalue weighted by atomic mass is 35.5. The van der Waals surface area contributed by atoms with E-state index in [1.54, 1.807) is 24.3 Å². The number of hydrogen-bond donors (Lipinski definition) is 2. The monoisotopic (exact) mass is 426 g/mol. The molecule has 0 radical (unpaired) electrons. The zero-order chi connectivity index (χ0) is 19.0. The van der Waals surface area contributed by atoms with Crippen molar-refractivity contribution in [3.8, 4) is 5.75 Å². The number of rotatable bonds is 2. The molecule has 1 fully saturated rings. The van der Waals surface area contributed by atoms with Gasteiger partial charge in [-0.05, 0) is 60.3 Å². The summed E-state index contributed by atoms with van der Waals surface area (Å²) in [5.41, 5.74) is 0.670. The molecule has 5 nitrogen and oxygen atoms in total. The molecule has 2 amide bonds. The fraction of sp³-hybridized carbons (Fsp3) is 0. The summed E-state index contributed by atoms with van der Waals surface area (Å²) in [6.07, 6.45) is 1.32. The van der Waals surface area contributed by atoms with Crippen LogP contribution in [0.25, 0.3) is 6.08 Å². The van der Waals surface area contributed by atoms with Crippen molar-refractivity contribution in [3.05, 3.63) is 62.6 Å². The van der Waals surface area contributed by atoms with E-state index in [9.17, 15) is 14.7 Å². The van der Waals surface area contributed by atoms with E-state index < -0.39 is 11.8 Å². The fourth-order valence-electron chi connectivity index (χ4n) is 2.32. The van der Waals surface area contributed by atoms with Crippen molar-refractivity contribution in [2.75, 3.05) is 4.90 Å². The van der Waals surface area contributed by atoms with Crippen LogP contribution in [0.1, 0.15) is 5.56 Å². The minimum atomic E-state index is -0.648. The van der Waals surface area contributed by atoms with Crippen LogP contribution in [0.3, 0.4) is 0 Å². The normalized spacial score (nSPS) is 16.2. The van der Waals surface area contributed by atoms with Crippen LogP contribution in [0.5, 0.6) is 5.75 Å². The van der Waals surface area contributed by atoms with Gasteiger partial charge >= 0.3 is 0 Å². The second kappa shape index (κ2) is 7.25. The van der Waals surface area contributed by atoms with E-state index in [2.05, 4.69) is 5.32 Å². The first-order chi connectivity index (χ1) is 12.3. The van der Waals surface area contributed by atoms with Gasteiger partial charge in [-0.15, -0.1) is 0 Å². The van der Waals surface area contributed by atoms with Crippen molar-refractivity contribution < 1.29 is 14.7 Å². The molecule has 2 aromatic rings. The minimum absolute atomic E-state index is 0.00176. The molecule has 1 saturated heterocycles. The highest BCUT2D eigenvalue weighted by molar-refractivity contribution is 7.80. The van der Waals surface area contributed by atoms with E-state index in [-0.39, 0.29) is 26.5 Å². The number of aromatic hydroxyl groups is 1. The van der Waals surface area contributed by atoms with Gasteiger partial charge in [0.2, 0.25) is 0 Å². The van der Waals surface area contributed by atoms with Gasteiger partial charge in [0.05, 0.1) is 15.7 Å². The van der Waals surface area contributed by atoms with E-state index in [1.807, 2.05) is 0 Å². The highest BCUT2D eigenvalue weighted by Gasteiger charge is 2.34. The largest absolute Gasteiger partial charge is 0.505 e. The number of phenolic OH excluding ortho intramolecular Hbond substituents is 1. The van der Waals surface area contributed by atoms with Crippen LogP contribution < -0.4 is 10.2 Å². The lowest BCUT2D eigenvalue weighted by Gasteiger charge is -2.29. The summed E-state index contributed by atoms with van der Waals surface area (Å²) in [5, 5.41) is 12.5. The number of nitrogens with zero attached hydrogens (tertiary/aromatic N) is 1. The highest BCUT2D eigenvalue weighted by Crippen LogP contribution is 2.33. The molecule has 132 valence electrons. The zero-order valence-corrected chi connectivity index (χ0v) is 15.9. The maximum atomic E-state index is 12.8. The third kappa shape index (κ3) is 3.54. The topological polar surface area (TPSA) is 69.6 Å². The lowest BCUT2D eigenvalue weighted by Crippen LogP contribution is -2.54. The van der Waals surface area contributed by atoms with Gasteiger partial charge in [-0.25, -0.2) is 0 Å². The van der Waals surface area contributed by atoms with E-state index in [0.29, 0.717) is 16.3 Å². The van der Waals surface area contributed by atoms with Crippen molar-refractivity contribution in [1.82, 2.24) is 5.32 Å². The summed E-state index contributed by atoms with van der Waals surface area (Å²) in [4.78, 5) is 26.3. The number of thiocarbonyl (C=S) groups is 1. The Morgan fingerprint density at radius 1 is 1.04 bits per heavy atom. The Labute approximate surface area is 168 Å². The molecule has 1 aliphatic rings. The Hall–Kier alpha value is -2.12. The van der Waals surface area contributed by atoms with Crippen molar-refractivity contribution >= 4 is 75.7 Å². The Morgan fingerprint density at radius 3 is 2.19 bits per heavy atom. The number of phenols is 1. The third-order valence-electron chi connectivity index (χ3n) is 3.54. The van der Waals surface area contributed by atoms with Crippen LogP contribution in [0, 0.1) is 0 Å². The second-order valence-corrected chi connectivity index (χ2v) is 6.90. The summed E-state index contributed by atoms with van der Waals surface area (Å²) in [7, 11) is 0. The van der Waals surface area contributed by atoms with E-state index in [1.165, 1.54) is 23.1 Å². The van der Waals surface area contributed by atoms with Gasteiger partial charge in [0, 0.05) is 5.02 Å². The Kier molecular flexibility index (Phi) is 5.20. The van der Waals surface area contributed by atoms with Crippen LogP contribution in [0.2, 0.25) is 15.1 Å². The molecule has 0 aliphatic carbocycles. The van der Waals surface area contributed by atoms with Gasteiger partial charge in [-0.3, -0.25) is 19.8 Å². The predicted molar refractivity (Wildman–Crippen MR) is 106 cm³/mol. The third-order valence-corrected chi connectivity index (χ3v) is 4.65. The Morgan fingerprint density at radius 2 is 1.62 bits per heavy atom. The number of hydrogen-bond acceptors (Lipinski definition) is 4. The maximum Gasteiger partial charge on any atom is 0.270 e. The van der Waals surface area contributed by atoms with Crippen molar-refractivity contribution in [3.63, 3.8) is 0 Å². The van der Waals surface area contributed by atoms with Crippen LogP contribution >= 0.6 is 47.0 Å². The summed E-state index contributed by atoms with van der Waals surface area (Å²) in [6.45, 7) is 0. The van der Waals surface area contributed by atoms with Gasteiger partial charge < -0.3 is 5.11 Å². The predicted octanol–water partition coefficient (Wildman–Crippen LogP) is 4.18. The zero-order valence-electron chi connectivity index (χ0n) is 12.8. The SMILES string of the molecule is O=C1NC(=S)N(c2ccc(Cl)cc2)C(=O)/C1=C/c1cc(Cl)c(O)c(Cl)c1. The number of carbonyl (C=O) groups excluding carboxylic acids is 2. The lowest BCUT2D eigenvalue weighted by atomic mass is 10.1. The van der Waals surface area contributed by atoms with Crippen LogP contribution in [0.4, 0.5) is 5.69 Å². The first-order valence-corrected chi connectivity index (χ1v) is 8.67. The molecule has 0 unspecified atom stereocenters. The van der Waals surface area contributed by atoms with Crippen molar-refractivity contribution in [2.24, 2.45) is 0 Å². The van der Waals surface area contributed by atoms with Gasteiger partial charge in [0.15, 0.2) is 10.9 Å². The number of nitrogens with one attached hydrogen (secondary N) is 1. The van der Waals surface area contributed by atoms with Gasteiger partial charge in [-0.2, -0.15) is 0 Å². The molecule has 26 heavy (non-hydrogen) atoms. The summed E-state index contributed by atoms with van der Waals surface area (Å²) < 4.78 is 0. The molecule has 2 aromatic carbocycles.